The van der Waals surface area contributed by atoms with Crippen molar-refractivity contribution in [3.63, 3.8) is 0 Å². The second-order valence-electron chi connectivity index (χ2n) is 11.9. The minimum Gasteiger partial charge on any atom is -0.465 e. The number of carbonyl (C=O) groups excluding carboxylic acids is 1. The zero-order chi connectivity index (χ0) is 30.9. The van der Waals surface area contributed by atoms with Crippen molar-refractivity contribution < 1.29 is 38.1 Å². The van der Waals surface area contributed by atoms with Gasteiger partial charge in [-0.3, -0.25) is 23.7 Å². The van der Waals surface area contributed by atoms with Crippen LogP contribution in [0.4, 0.5) is 0 Å². The number of aliphatic hydroxyl groups excluding tert-OH is 1. The van der Waals surface area contributed by atoms with Gasteiger partial charge in [0.15, 0.2) is 11.0 Å². The van der Waals surface area contributed by atoms with Gasteiger partial charge in [0, 0.05) is 17.6 Å². The van der Waals surface area contributed by atoms with Crippen LogP contribution in [0, 0.1) is 16.1 Å². The van der Waals surface area contributed by atoms with Crippen molar-refractivity contribution in [1.82, 2.24) is 9.55 Å². The summed E-state index contributed by atoms with van der Waals surface area (Å²) in [7, 11) is -4.10. The fraction of sp³-hybridized carbons (Fsp3) is 0.483. The van der Waals surface area contributed by atoms with Crippen LogP contribution in [0.3, 0.4) is 0 Å². The van der Waals surface area contributed by atoms with E-state index in [0.717, 1.165) is 5.39 Å². The Balaban J connectivity index is 1.58. The normalized spacial score (nSPS) is 24.7. The number of aromatic amines is 1. The average molecular weight is 621 g/mol. The molecule has 0 spiro atoms. The maximum atomic E-state index is 14.3. The molecule has 2 heterocycles. The Morgan fingerprint density at radius 1 is 1.21 bits per heavy atom. The summed E-state index contributed by atoms with van der Waals surface area (Å²) in [5.74, 6) is -1.11. The zero-order valence-electron chi connectivity index (χ0n) is 24.2. The van der Waals surface area contributed by atoms with Crippen LogP contribution >= 0.6 is 19.8 Å². The van der Waals surface area contributed by atoms with E-state index in [9.17, 15) is 24.4 Å². The predicted octanol–water partition coefficient (Wildman–Crippen LogP) is 4.58. The molecule has 0 aliphatic carbocycles. The molecular formula is C29H37N2O9PS. The Labute approximate surface area is 248 Å². The molecule has 2 aromatic carbocycles. The summed E-state index contributed by atoms with van der Waals surface area (Å²) in [6.45, 7) is 8.45. The van der Waals surface area contributed by atoms with Crippen molar-refractivity contribution in [2.24, 2.45) is 11.3 Å². The van der Waals surface area contributed by atoms with Crippen LogP contribution < -0.4 is 10.1 Å². The van der Waals surface area contributed by atoms with Crippen LogP contribution in [0.25, 0.3) is 10.8 Å². The minimum atomic E-state index is -4.10. The Morgan fingerprint density at radius 2 is 1.90 bits per heavy atom. The van der Waals surface area contributed by atoms with Gasteiger partial charge < -0.3 is 24.2 Å². The summed E-state index contributed by atoms with van der Waals surface area (Å²) in [5, 5.41) is 23.6. The molecule has 1 fully saturated rings. The van der Waals surface area contributed by atoms with E-state index in [2.05, 4.69) is 4.98 Å². The zero-order valence-corrected chi connectivity index (χ0v) is 25.9. The molecule has 1 aliphatic rings. The van der Waals surface area contributed by atoms with Gasteiger partial charge in [0.25, 0.3) is 5.56 Å². The second kappa shape index (κ2) is 12.4. The molecule has 6 atom stereocenters. The highest BCUT2D eigenvalue weighted by molar-refractivity contribution is 7.71. The number of aliphatic hydroxyl groups is 2. The first-order valence-electron chi connectivity index (χ1n) is 13.5. The van der Waals surface area contributed by atoms with Crippen LogP contribution in [0.15, 0.2) is 59.5 Å². The van der Waals surface area contributed by atoms with E-state index >= 15 is 0 Å². The Bertz CT molecular complexity index is 1590. The number of nitrogens with zero attached hydrogens (tertiary/aromatic N) is 1. The second-order valence-corrected chi connectivity index (χ2v) is 14.4. The van der Waals surface area contributed by atoms with Crippen molar-refractivity contribution in [2.75, 3.05) is 19.4 Å². The third kappa shape index (κ3) is 7.37. The van der Waals surface area contributed by atoms with Gasteiger partial charge in [0.2, 0.25) is 0 Å². The molecule has 228 valence electrons. The van der Waals surface area contributed by atoms with Crippen LogP contribution in [-0.2, 0) is 23.4 Å². The topological polar surface area (TPSA) is 149 Å². The van der Waals surface area contributed by atoms with Gasteiger partial charge in [-0.25, -0.2) is 4.57 Å². The number of hydrogen-bond acceptors (Lipinski definition) is 10. The average Bonchev–Trinajstić information content (AvgIpc) is 3.14. The summed E-state index contributed by atoms with van der Waals surface area (Å²) in [5.41, 5.74) is -2.54. The van der Waals surface area contributed by atoms with Crippen molar-refractivity contribution >= 4 is 36.6 Å². The molecule has 13 heteroatoms. The molecular weight excluding hydrogens is 583 g/mol. The number of hydrogen-bond donors (Lipinski definition) is 3. The lowest BCUT2D eigenvalue weighted by Gasteiger charge is -2.28. The van der Waals surface area contributed by atoms with E-state index in [-0.39, 0.29) is 23.0 Å². The van der Waals surface area contributed by atoms with Gasteiger partial charge in [-0.2, -0.15) is 0 Å². The van der Waals surface area contributed by atoms with E-state index < -0.39 is 55.7 Å². The number of aromatic nitrogens is 2. The standard InChI is InChI=1S/C29H37N2O9PS/c1-18(25(34)37-17-28(2,3)4)16-41(36,40-21-12-8-10-19-9-6-7-11-20(19)21)38-15-22-24(33)29(5,35)26(39-22)31-14-13-23(32)30-27(31)42/h6-14,18,22,24,26,33,35H,15-17H2,1-5H3,(H,30,32,42)/t18-,22-,24+,26-,29?,41+/m1/s1. The highest BCUT2D eigenvalue weighted by Gasteiger charge is 2.53. The number of fused-ring (bicyclic) bond motifs is 1. The van der Waals surface area contributed by atoms with Gasteiger partial charge in [-0.15, -0.1) is 0 Å². The molecule has 3 aromatic rings. The SMILES string of the molecule is C[C@H](C[P@](=O)(OC[C@H]1O[C@@H](n2ccc(=O)[nH]c2=S)C(C)(O)[C@H]1O)Oc1cccc2ccccc12)C(=O)OCC(C)(C)C. The molecule has 1 unspecified atom stereocenters. The maximum absolute atomic E-state index is 14.3. The monoisotopic (exact) mass is 620 g/mol. The first kappa shape index (κ1) is 32.1. The van der Waals surface area contributed by atoms with E-state index in [0.29, 0.717) is 11.1 Å². The minimum absolute atomic E-state index is 0.0194. The van der Waals surface area contributed by atoms with E-state index in [4.69, 9.17) is 30.7 Å². The number of carbonyl (C=O) groups is 1. The first-order chi connectivity index (χ1) is 19.6. The van der Waals surface area contributed by atoms with Gasteiger partial charge in [-0.05, 0) is 36.0 Å². The van der Waals surface area contributed by atoms with Gasteiger partial charge in [0.05, 0.1) is 25.3 Å². The van der Waals surface area contributed by atoms with Crippen molar-refractivity contribution in [3.8, 4) is 5.75 Å². The summed E-state index contributed by atoms with van der Waals surface area (Å²) < 4.78 is 38.8. The van der Waals surface area contributed by atoms with Gasteiger partial charge in [-0.1, -0.05) is 64.1 Å². The van der Waals surface area contributed by atoms with E-state index in [1.54, 1.807) is 19.1 Å². The summed E-state index contributed by atoms with van der Waals surface area (Å²) >= 11 is 5.20. The Kier molecular flexibility index (Phi) is 9.46. The maximum Gasteiger partial charge on any atom is 0.380 e. The van der Waals surface area contributed by atoms with Crippen LogP contribution in [-0.4, -0.2) is 62.9 Å². The summed E-state index contributed by atoms with van der Waals surface area (Å²) in [4.78, 5) is 26.9. The Morgan fingerprint density at radius 3 is 2.60 bits per heavy atom. The third-order valence-corrected chi connectivity index (χ3v) is 9.15. The molecule has 0 bridgehead atoms. The fourth-order valence-electron chi connectivity index (χ4n) is 4.56. The fourth-order valence-corrected chi connectivity index (χ4v) is 6.70. The number of benzene rings is 2. The number of H-pyrrole nitrogens is 1. The summed E-state index contributed by atoms with van der Waals surface area (Å²) in [6, 6.07) is 13.9. The number of rotatable bonds is 10. The Hall–Kier alpha value is -2.86. The smallest absolute Gasteiger partial charge is 0.380 e. The van der Waals surface area contributed by atoms with Crippen LogP contribution in [0.1, 0.15) is 40.8 Å². The predicted molar refractivity (Wildman–Crippen MR) is 159 cm³/mol. The molecule has 3 N–H and O–H groups in total. The van der Waals surface area contributed by atoms with Crippen molar-refractivity contribution in [2.45, 2.75) is 58.7 Å². The summed E-state index contributed by atoms with van der Waals surface area (Å²) in [6.07, 6.45) is -2.80. The van der Waals surface area contributed by atoms with Crippen molar-refractivity contribution in [1.29, 1.82) is 0 Å². The first-order valence-corrected chi connectivity index (χ1v) is 15.7. The molecule has 1 aromatic heterocycles. The highest BCUT2D eigenvalue weighted by atomic mass is 32.1. The van der Waals surface area contributed by atoms with E-state index in [1.807, 2.05) is 51.1 Å². The molecule has 0 saturated carbocycles. The quantitative estimate of drug-likeness (QED) is 0.167. The molecule has 1 saturated heterocycles. The molecule has 0 amide bonds. The third-order valence-electron chi connectivity index (χ3n) is 6.83. The van der Waals surface area contributed by atoms with E-state index in [1.165, 1.54) is 23.8 Å². The highest BCUT2D eigenvalue weighted by Crippen LogP contribution is 2.52. The number of nitrogens with one attached hydrogen (secondary N) is 1. The molecule has 4 rings (SSSR count). The molecule has 1 aliphatic heterocycles. The van der Waals surface area contributed by atoms with Gasteiger partial charge in [0.1, 0.15) is 23.6 Å². The lowest BCUT2D eigenvalue weighted by molar-refractivity contribution is -0.150. The molecule has 42 heavy (non-hydrogen) atoms. The van der Waals surface area contributed by atoms with Crippen molar-refractivity contribution in [3.05, 3.63) is 69.9 Å². The van der Waals surface area contributed by atoms with Gasteiger partial charge >= 0.3 is 13.6 Å². The molecule has 11 nitrogen and oxygen atoms in total. The van der Waals surface area contributed by atoms with Crippen LogP contribution in [0.2, 0.25) is 0 Å². The lowest BCUT2D eigenvalue weighted by atomic mass is 9.96. The van der Waals surface area contributed by atoms with Crippen LogP contribution in [0.5, 0.6) is 5.75 Å². The lowest BCUT2D eigenvalue weighted by Crippen LogP contribution is -2.44. The number of ether oxygens (including phenoxy) is 2. The largest absolute Gasteiger partial charge is 0.465 e. The number of esters is 1. The molecule has 0 radical (unpaired) electrons.